The lowest BCUT2D eigenvalue weighted by Crippen LogP contribution is -2.58. The zero-order chi connectivity index (χ0) is 29.5. The molecule has 0 bridgehead atoms. The van der Waals surface area contributed by atoms with Crippen molar-refractivity contribution in [1.29, 1.82) is 0 Å². The highest BCUT2D eigenvalue weighted by Crippen LogP contribution is 2.08. The van der Waals surface area contributed by atoms with Crippen molar-refractivity contribution in [2.75, 3.05) is 6.54 Å². The van der Waals surface area contributed by atoms with Crippen molar-refractivity contribution in [2.24, 2.45) is 28.1 Å². The number of nitrogens with two attached hydrogens (primary N) is 3. The summed E-state index contributed by atoms with van der Waals surface area (Å²) >= 11 is 0. The Morgan fingerprint density at radius 1 is 0.846 bits per heavy atom. The van der Waals surface area contributed by atoms with Gasteiger partial charge in [-0.05, 0) is 30.7 Å². The Morgan fingerprint density at radius 2 is 1.41 bits per heavy atom. The standard InChI is InChI=1S/C25H39N7O7/c1-14(2)20(26)23(37)30-16(9-6-12-29-25(27)28)21(35)32-18(13-15-7-4-3-5-8-15)22(36)31-17(24(38)39)10-11-19(33)34/h3-5,7-8,14,16-18,20H,6,9-13,26H2,1-2H3,(H,30,37)(H,31,36)(H,32,35)(H,33,34)(H,38,39)(H4,27,28,29). The van der Waals surface area contributed by atoms with Crippen LogP contribution in [0.5, 0.6) is 0 Å². The van der Waals surface area contributed by atoms with Crippen LogP contribution in [0.25, 0.3) is 0 Å². The van der Waals surface area contributed by atoms with Crippen molar-refractivity contribution in [1.82, 2.24) is 16.0 Å². The van der Waals surface area contributed by atoms with Gasteiger partial charge in [0.15, 0.2) is 5.96 Å². The first-order chi connectivity index (χ1) is 18.3. The molecular weight excluding hydrogens is 510 g/mol. The zero-order valence-electron chi connectivity index (χ0n) is 22.1. The first kappa shape index (κ1) is 32.8. The number of hydrogen-bond donors (Lipinski definition) is 8. The molecule has 0 aliphatic heterocycles. The van der Waals surface area contributed by atoms with Crippen LogP contribution in [0.15, 0.2) is 35.3 Å². The highest BCUT2D eigenvalue weighted by atomic mass is 16.4. The second kappa shape index (κ2) is 16.6. The fraction of sp³-hybridized carbons (Fsp3) is 0.520. The van der Waals surface area contributed by atoms with Crippen molar-refractivity contribution in [3.8, 4) is 0 Å². The van der Waals surface area contributed by atoms with E-state index in [2.05, 4.69) is 20.9 Å². The predicted octanol–water partition coefficient (Wildman–Crippen LogP) is -1.33. The van der Waals surface area contributed by atoms with Gasteiger partial charge < -0.3 is 43.4 Å². The monoisotopic (exact) mass is 549 g/mol. The van der Waals surface area contributed by atoms with Gasteiger partial charge in [0.1, 0.15) is 18.1 Å². The predicted molar refractivity (Wildman–Crippen MR) is 143 cm³/mol. The molecule has 1 aromatic carbocycles. The molecular formula is C25H39N7O7. The molecule has 14 heteroatoms. The highest BCUT2D eigenvalue weighted by Gasteiger charge is 2.31. The molecule has 1 aromatic rings. The molecule has 14 nitrogen and oxygen atoms in total. The third kappa shape index (κ3) is 12.7. The van der Waals surface area contributed by atoms with Gasteiger partial charge in [-0.15, -0.1) is 0 Å². The molecule has 0 heterocycles. The van der Waals surface area contributed by atoms with E-state index in [0.717, 1.165) is 0 Å². The van der Waals surface area contributed by atoms with E-state index >= 15 is 0 Å². The van der Waals surface area contributed by atoms with Gasteiger partial charge >= 0.3 is 11.9 Å². The number of nitrogens with zero attached hydrogens (tertiary/aromatic N) is 1. The molecule has 3 amide bonds. The number of aliphatic carboxylic acids is 2. The summed E-state index contributed by atoms with van der Waals surface area (Å²) in [7, 11) is 0. The minimum Gasteiger partial charge on any atom is -0.481 e. The van der Waals surface area contributed by atoms with Crippen LogP contribution >= 0.6 is 0 Å². The first-order valence-corrected chi connectivity index (χ1v) is 12.5. The number of aliphatic imine (C=N–C) groups is 1. The average molecular weight is 550 g/mol. The molecule has 4 atom stereocenters. The maximum Gasteiger partial charge on any atom is 0.326 e. The summed E-state index contributed by atoms with van der Waals surface area (Å²) in [5, 5.41) is 25.9. The van der Waals surface area contributed by atoms with Gasteiger partial charge in [-0.1, -0.05) is 44.2 Å². The largest absolute Gasteiger partial charge is 0.481 e. The Bertz CT molecular complexity index is 1010. The number of carbonyl (C=O) groups is 5. The van der Waals surface area contributed by atoms with Crippen LogP contribution in [-0.2, 0) is 30.4 Å². The molecule has 0 aliphatic rings. The summed E-state index contributed by atoms with van der Waals surface area (Å²) in [6, 6.07) is 3.99. The maximum atomic E-state index is 13.3. The molecule has 0 fully saturated rings. The number of guanidine groups is 1. The third-order valence-electron chi connectivity index (χ3n) is 5.78. The fourth-order valence-electron chi connectivity index (χ4n) is 3.47. The Hall–Kier alpha value is -4.20. The second-order valence-electron chi connectivity index (χ2n) is 9.36. The normalized spacial score (nSPS) is 13.8. The second-order valence-corrected chi connectivity index (χ2v) is 9.36. The molecule has 216 valence electrons. The van der Waals surface area contributed by atoms with Gasteiger partial charge in [-0.3, -0.25) is 24.2 Å². The minimum atomic E-state index is -1.48. The minimum absolute atomic E-state index is 0.00383. The molecule has 4 unspecified atom stereocenters. The molecule has 0 saturated heterocycles. The molecule has 0 radical (unpaired) electrons. The summed E-state index contributed by atoms with van der Waals surface area (Å²) in [6.07, 6.45) is -0.385. The van der Waals surface area contributed by atoms with E-state index in [1.807, 2.05) is 0 Å². The van der Waals surface area contributed by atoms with E-state index < -0.39 is 60.2 Å². The lowest BCUT2D eigenvalue weighted by atomic mass is 10.0. The van der Waals surface area contributed by atoms with E-state index in [1.165, 1.54) is 0 Å². The lowest BCUT2D eigenvalue weighted by Gasteiger charge is -2.26. The average Bonchev–Trinajstić information content (AvgIpc) is 2.87. The SMILES string of the molecule is CC(C)C(N)C(=O)NC(CCCN=C(N)N)C(=O)NC(Cc1ccccc1)C(=O)NC(CCC(=O)O)C(=O)O. The molecule has 0 aromatic heterocycles. The van der Waals surface area contributed by atoms with Crippen LogP contribution in [0, 0.1) is 5.92 Å². The number of hydrogen-bond acceptors (Lipinski definition) is 7. The fourth-order valence-corrected chi connectivity index (χ4v) is 3.47. The highest BCUT2D eigenvalue weighted by molar-refractivity contribution is 5.94. The number of carboxylic acid groups (broad SMARTS) is 2. The van der Waals surface area contributed by atoms with Crippen molar-refractivity contribution >= 4 is 35.6 Å². The topological polar surface area (TPSA) is 252 Å². The molecule has 0 saturated carbocycles. The van der Waals surface area contributed by atoms with Gasteiger partial charge in [0.05, 0.1) is 6.04 Å². The van der Waals surface area contributed by atoms with E-state index in [4.69, 9.17) is 22.3 Å². The van der Waals surface area contributed by atoms with E-state index in [1.54, 1.807) is 44.2 Å². The van der Waals surface area contributed by atoms with Gasteiger partial charge in [0, 0.05) is 19.4 Å². The lowest BCUT2D eigenvalue weighted by molar-refractivity contribution is -0.143. The number of nitrogens with one attached hydrogen (secondary N) is 3. The Morgan fingerprint density at radius 3 is 1.95 bits per heavy atom. The summed E-state index contributed by atoms with van der Waals surface area (Å²) < 4.78 is 0. The summed E-state index contributed by atoms with van der Waals surface area (Å²) in [6.45, 7) is 3.69. The molecule has 0 spiro atoms. The summed E-state index contributed by atoms with van der Waals surface area (Å²) in [5.74, 6) is -5.05. The van der Waals surface area contributed by atoms with Crippen LogP contribution in [0.3, 0.4) is 0 Å². The van der Waals surface area contributed by atoms with E-state index in [0.29, 0.717) is 12.0 Å². The van der Waals surface area contributed by atoms with Gasteiger partial charge in [-0.25, -0.2) is 4.79 Å². The quantitative estimate of drug-likeness (QED) is 0.0645. The number of carboxylic acids is 2. The zero-order valence-corrected chi connectivity index (χ0v) is 22.1. The van der Waals surface area contributed by atoms with Gasteiger partial charge in [0.25, 0.3) is 0 Å². The van der Waals surface area contributed by atoms with Crippen molar-refractivity contribution in [2.45, 2.75) is 70.1 Å². The van der Waals surface area contributed by atoms with Crippen molar-refractivity contribution in [3.05, 3.63) is 35.9 Å². The van der Waals surface area contributed by atoms with Crippen LogP contribution in [0.1, 0.15) is 45.1 Å². The molecule has 39 heavy (non-hydrogen) atoms. The first-order valence-electron chi connectivity index (χ1n) is 12.5. The summed E-state index contributed by atoms with van der Waals surface area (Å²) in [4.78, 5) is 65.4. The van der Waals surface area contributed by atoms with Crippen molar-refractivity contribution in [3.63, 3.8) is 0 Å². The summed E-state index contributed by atoms with van der Waals surface area (Å²) in [5.41, 5.74) is 17.3. The van der Waals surface area contributed by atoms with E-state index in [-0.39, 0.29) is 37.7 Å². The third-order valence-corrected chi connectivity index (χ3v) is 5.78. The molecule has 11 N–H and O–H groups in total. The Kier molecular flexibility index (Phi) is 14.0. The van der Waals surface area contributed by atoms with E-state index in [9.17, 15) is 29.1 Å². The number of carbonyl (C=O) groups excluding carboxylic acids is 3. The Labute approximate surface area is 226 Å². The number of benzene rings is 1. The van der Waals surface area contributed by atoms with Gasteiger partial charge in [0.2, 0.25) is 17.7 Å². The smallest absolute Gasteiger partial charge is 0.326 e. The van der Waals surface area contributed by atoms with Crippen LogP contribution in [0.4, 0.5) is 0 Å². The number of rotatable bonds is 17. The molecule has 1 rings (SSSR count). The Balaban J connectivity index is 3.16. The van der Waals surface area contributed by atoms with Crippen molar-refractivity contribution < 1.29 is 34.2 Å². The van der Waals surface area contributed by atoms with Crippen LogP contribution in [-0.4, -0.2) is 76.5 Å². The number of amides is 3. The maximum absolute atomic E-state index is 13.3. The van der Waals surface area contributed by atoms with Crippen LogP contribution < -0.4 is 33.2 Å². The van der Waals surface area contributed by atoms with Gasteiger partial charge in [-0.2, -0.15) is 0 Å². The molecule has 0 aliphatic carbocycles. The van der Waals surface area contributed by atoms with Crippen LogP contribution in [0.2, 0.25) is 0 Å².